The lowest BCUT2D eigenvalue weighted by Gasteiger charge is -2.35. The number of nitrogens with zero attached hydrogens (tertiary/aromatic N) is 1. The number of carbonyl (C=O) groups is 3. The van der Waals surface area contributed by atoms with Crippen molar-refractivity contribution in [3.63, 3.8) is 0 Å². The summed E-state index contributed by atoms with van der Waals surface area (Å²) < 4.78 is 5.30. The predicted molar refractivity (Wildman–Crippen MR) is 103 cm³/mol. The third-order valence-corrected chi connectivity index (χ3v) is 5.27. The number of alkyl carbamates (subject to hydrolysis) is 1. The summed E-state index contributed by atoms with van der Waals surface area (Å²) in [5.41, 5.74) is -0.949. The van der Waals surface area contributed by atoms with E-state index in [9.17, 15) is 14.4 Å². The Labute approximate surface area is 161 Å². The second-order valence-corrected chi connectivity index (χ2v) is 8.64. The summed E-state index contributed by atoms with van der Waals surface area (Å²) in [5.74, 6) is -0.158. The largest absolute Gasteiger partial charge is 0.444 e. The fraction of sp³-hybridized carbons (Fsp3) is 0.750. The van der Waals surface area contributed by atoms with Crippen LogP contribution in [0.15, 0.2) is 12.7 Å². The molecule has 0 atom stereocenters. The average Bonchev–Trinajstić information content (AvgIpc) is 3.07. The van der Waals surface area contributed by atoms with Crippen molar-refractivity contribution in [3.8, 4) is 0 Å². The molecule has 2 rings (SSSR count). The topological polar surface area (TPSA) is 87.7 Å². The maximum absolute atomic E-state index is 12.8. The van der Waals surface area contributed by atoms with Crippen LogP contribution in [-0.4, -0.2) is 53.6 Å². The van der Waals surface area contributed by atoms with E-state index in [1.54, 1.807) is 4.90 Å². The Morgan fingerprint density at radius 2 is 1.78 bits per heavy atom. The highest BCUT2D eigenvalue weighted by atomic mass is 16.6. The average molecular weight is 380 g/mol. The monoisotopic (exact) mass is 379 g/mol. The minimum Gasteiger partial charge on any atom is -0.444 e. The van der Waals surface area contributed by atoms with Crippen molar-refractivity contribution in [2.75, 3.05) is 19.6 Å². The molecule has 0 spiro atoms. The number of carbonyl (C=O) groups excluding carboxylic acids is 3. The van der Waals surface area contributed by atoms with Gasteiger partial charge in [0.05, 0.1) is 5.54 Å². The molecule has 7 nitrogen and oxygen atoms in total. The third kappa shape index (κ3) is 6.26. The Morgan fingerprint density at radius 3 is 2.30 bits per heavy atom. The van der Waals surface area contributed by atoms with Crippen LogP contribution < -0.4 is 10.6 Å². The number of hydrogen-bond donors (Lipinski definition) is 2. The molecule has 0 aromatic carbocycles. The van der Waals surface area contributed by atoms with Crippen molar-refractivity contribution in [2.45, 2.75) is 70.4 Å². The highest BCUT2D eigenvalue weighted by molar-refractivity contribution is 5.87. The van der Waals surface area contributed by atoms with Gasteiger partial charge in [-0.15, -0.1) is 0 Å². The molecule has 1 saturated carbocycles. The first-order valence-electron chi connectivity index (χ1n) is 9.84. The van der Waals surface area contributed by atoms with Crippen LogP contribution in [0.3, 0.4) is 0 Å². The lowest BCUT2D eigenvalue weighted by atomic mass is 9.92. The molecule has 0 aromatic heterocycles. The number of hydrogen-bond acceptors (Lipinski definition) is 4. The summed E-state index contributed by atoms with van der Waals surface area (Å²) in [6.07, 6.45) is 5.92. The first-order valence-corrected chi connectivity index (χ1v) is 9.84. The minimum absolute atomic E-state index is 0.0218. The van der Waals surface area contributed by atoms with Crippen LogP contribution in [0.4, 0.5) is 4.79 Å². The zero-order valence-corrected chi connectivity index (χ0v) is 16.8. The van der Waals surface area contributed by atoms with Crippen LogP contribution in [0.5, 0.6) is 0 Å². The Hall–Kier alpha value is -2.05. The first kappa shape index (κ1) is 21.3. The number of piperidine rings is 1. The number of ether oxygens (including phenoxy) is 1. The number of rotatable bonds is 5. The number of nitrogens with one attached hydrogen (secondary N) is 2. The molecule has 0 aromatic rings. The summed E-state index contributed by atoms with van der Waals surface area (Å²) in [6, 6.07) is 0. The minimum atomic E-state index is -0.549. The van der Waals surface area contributed by atoms with Crippen molar-refractivity contribution < 1.29 is 19.1 Å². The van der Waals surface area contributed by atoms with E-state index in [4.69, 9.17) is 4.74 Å². The molecule has 1 aliphatic heterocycles. The maximum atomic E-state index is 12.8. The molecule has 2 aliphatic rings. The summed E-state index contributed by atoms with van der Waals surface area (Å²) in [5, 5.41) is 6.03. The molecule has 0 unspecified atom stereocenters. The third-order valence-electron chi connectivity index (χ3n) is 5.27. The molecule has 1 heterocycles. The Bertz CT molecular complexity index is 568. The van der Waals surface area contributed by atoms with Gasteiger partial charge in [0, 0.05) is 25.6 Å². The number of amides is 3. The van der Waals surface area contributed by atoms with Crippen LogP contribution in [0.25, 0.3) is 0 Å². The molecule has 2 fully saturated rings. The molecule has 1 saturated heterocycles. The molecule has 152 valence electrons. The lowest BCUT2D eigenvalue weighted by Crippen LogP contribution is -2.56. The van der Waals surface area contributed by atoms with E-state index in [0.717, 1.165) is 25.7 Å². The quantitative estimate of drug-likeness (QED) is 0.718. The van der Waals surface area contributed by atoms with Gasteiger partial charge in [-0.3, -0.25) is 9.59 Å². The highest BCUT2D eigenvalue weighted by Crippen LogP contribution is 2.30. The second kappa shape index (κ2) is 8.76. The van der Waals surface area contributed by atoms with Gasteiger partial charge in [-0.25, -0.2) is 4.79 Å². The fourth-order valence-electron chi connectivity index (χ4n) is 3.81. The van der Waals surface area contributed by atoms with E-state index >= 15 is 0 Å². The van der Waals surface area contributed by atoms with Crippen molar-refractivity contribution in [1.82, 2.24) is 15.5 Å². The van der Waals surface area contributed by atoms with E-state index in [1.165, 1.54) is 6.08 Å². The van der Waals surface area contributed by atoms with Crippen molar-refractivity contribution in [3.05, 3.63) is 12.7 Å². The van der Waals surface area contributed by atoms with Crippen molar-refractivity contribution >= 4 is 17.9 Å². The van der Waals surface area contributed by atoms with Crippen LogP contribution in [-0.2, 0) is 14.3 Å². The summed E-state index contributed by atoms with van der Waals surface area (Å²) in [7, 11) is 0. The van der Waals surface area contributed by atoms with E-state index in [0.29, 0.717) is 32.5 Å². The van der Waals surface area contributed by atoms with E-state index < -0.39 is 17.2 Å². The van der Waals surface area contributed by atoms with Crippen LogP contribution in [0, 0.1) is 5.92 Å². The van der Waals surface area contributed by atoms with E-state index in [-0.39, 0.29) is 17.7 Å². The van der Waals surface area contributed by atoms with Gasteiger partial charge < -0.3 is 20.3 Å². The molecule has 27 heavy (non-hydrogen) atoms. The second-order valence-electron chi connectivity index (χ2n) is 8.64. The molecule has 0 radical (unpaired) electrons. The number of likely N-dealkylation sites (tertiary alicyclic amines) is 1. The normalized spacial score (nSPS) is 20.0. The zero-order valence-electron chi connectivity index (χ0n) is 16.8. The Balaban J connectivity index is 1.88. The van der Waals surface area contributed by atoms with Crippen LogP contribution in [0.2, 0.25) is 0 Å². The van der Waals surface area contributed by atoms with E-state index in [2.05, 4.69) is 17.2 Å². The lowest BCUT2D eigenvalue weighted by molar-refractivity contribution is -0.133. The first-order chi connectivity index (χ1) is 12.6. The van der Waals surface area contributed by atoms with Crippen molar-refractivity contribution in [2.24, 2.45) is 5.92 Å². The molecular weight excluding hydrogens is 346 g/mol. The molecule has 7 heteroatoms. The SMILES string of the molecule is C=CC(=O)N1CCC(C(=O)NC2(CNC(=O)OC(C)(C)C)CCCC2)CC1. The van der Waals surface area contributed by atoms with Gasteiger partial charge in [0.15, 0.2) is 0 Å². The summed E-state index contributed by atoms with van der Waals surface area (Å²) >= 11 is 0. The fourth-order valence-corrected chi connectivity index (χ4v) is 3.81. The molecule has 3 amide bonds. The Kier molecular flexibility index (Phi) is 6.89. The predicted octanol–water partition coefficient (Wildman–Crippen LogP) is 2.36. The standard InChI is InChI=1S/C20H33N3O4/c1-5-16(24)23-12-8-15(9-13-23)17(25)22-20(10-6-7-11-20)14-21-18(26)27-19(2,3)4/h5,15H,1,6-14H2,2-4H3,(H,21,26)(H,22,25). The van der Waals surface area contributed by atoms with Crippen LogP contribution >= 0.6 is 0 Å². The zero-order chi connectivity index (χ0) is 20.1. The van der Waals surface area contributed by atoms with Gasteiger partial charge in [-0.2, -0.15) is 0 Å². The Morgan fingerprint density at radius 1 is 1.19 bits per heavy atom. The van der Waals surface area contributed by atoms with Gasteiger partial charge in [-0.1, -0.05) is 19.4 Å². The molecule has 2 N–H and O–H groups in total. The van der Waals surface area contributed by atoms with Crippen molar-refractivity contribution in [1.29, 1.82) is 0 Å². The highest BCUT2D eigenvalue weighted by Gasteiger charge is 2.38. The van der Waals surface area contributed by atoms with Gasteiger partial charge in [-0.05, 0) is 52.5 Å². The smallest absolute Gasteiger partial charge is 0.407 e. The van der Waals surface area contributed by atoms with Gasteiger partial charge >= 0.3 is 6.09 Å². The molecule has 0 bridgehead atoms. The summed E-state index contributed by atoms with van der Waals surface area (Å²) in [4.78, 5) is 38.2. The molecular formula is C20H33N3O4. The summed E-state index contributed by atoms with van der Waals surface area (Å²) in [6.45, 7) is 10.5. The van der Waals surface area contributed by atoms with Crippen LogP contribution in [0.1, 0.15) is 59.3 Å². The van der Waals surface area contributed by atoms with Gasteiger partial charge in [0.2, 0.25) is 11.8 Å². The molecule has 1 aliphatic carbocycles. The van der Waals surface area contributed by atoms with E-state index in [1.807, 2.05) is 20.8 Å². The van der Waals surface area contributed by atoms with Gasteiger partial charge in [0.25, 0.3) is 0 Å². The van der Waals surface area contributed by atoms with Gasteiger partial charge in [0.1, 0.15) is 5.60 Å². The maximum Gasteiger partial charge on any atom is 0.407 e.